The summed E-state index contributed by atoms with van der Waals surface area (Å²) in [6, 6.07) is 16.9. The minimum atomic E-state index is 0.223. The Morgan fingerprint density at radius 1 is 1.06 bits per heavy atom. The zero-order valence-corrected chi connectivity index (χ0v) is 9.84. The lowest BCUT2D eigenvalue weighted by Gasteiger charge is -2.03. The summed E-state index contributed by atoms with van der Waals surface area (Å²) in [6.07, 6.45) is 0. The third-order valence-electron chi connectivity index (χ3n) is 2.07. The number of hydrogen-bond acceptors (Lipinski definition) is 3. The summed E-state index contributed by atoms with van der Waals surface area (Å²) in [7, 11) is 1.57. The van der Waals surface area contributed by atoms with E-state index in [0.29, 0.717) is 17.9 Å². The van der Waals surface area contributed by atoms with Gasteiger partial charge in [-0.1, -0.05) is 36.4 Å². The molecule has 3 N–H and O–H groups in total. The lowest BCUT2D eigenvalue weighted by atomic mass is 10.2. The number of rotatable bonds is 2. The van der Waals surface area contributed by atoms with Gasteiger partial charge in [-0.15, -0.1) is 0 Å². The van der Waals surface area contributed by atoms with Crippen molar-refractivity contribution in [2.45, 2.75) is 6.61 Å². The van der Waals surface area contributed by atoms with Gasteiger partial charge < -0.3 is 15.6 Å². The van der Waals surface area contributed by atoms with Crippen molar-refractivity contribution in [2.75, 3.05) is 12.8 Å². The summed E-state index contributed by atoms with van der Waals surface area (Å²) >= 11 is 0. The number of nitrogen functional groups attached to an aromatic ring is 1. The van der Waals surface area contributed by atoms with E-state index in [2.05, 4.69) is 0 Å². The standard InChI is InChI=1S/C8H11NO2.C6H6/c1-11-5-6-4-7(9)2-3-8(6)10;1-2-4-6-5-3-1/h2-4,10H,5,9H2,1H3;1-6H. The lowest BCUT2D eigenvalue weighted by molar-refractivity contribution is 0.182. The maximum atomic E-state index is 9.23. The number of methoxy groups -OCH3 is 1. The SMILES string of the molecule is COCc1cc(N)ccc1O.c1ccccc1. The Morgan fingerprint density at radius 3 is 2.06 bits per heavy atom. The van der Waals surface area contributed by atoms with E-state index in [1.165, 1.54) is 0 Å². The molecule has 0 aromatic heterocycles. The number of ether oxygens (including phenoxy) is 1. The van der Waals surface area contributed by atoms with Crippen LogP contribution in [-0.2, 0) is 11.3 Å². The van der Waals surface area contributed by atoms with E-state index in [1.807, 2.05) is 36.4 Å². The van der Waals surface area contributed by atoms with Crippen molar-refractivity contribution >= 4 is 5.69 Å². The van der Waals surface area contributed by atoms with E-state index >= 15 is 0 Å². The summed E-state index contributed by atoms with van der Waals surface area (Å²) in [5.74, 6) is 0.223. The van der Waals surface area contributed by atoms with Crippen molar-refractivity contribution in [3.63, 3.8) is 0 Å². The second-order valence-corrected chi connectivity index (χ2v) is 3.48. The maximum Gasteiger partial charge on any atom is 0.121 e. The van der Waals surface area contributed by atoms with Crippen LogP contribution in [0.3, 0.4) is 0 Å². The van der Waals surface area contributed by atoms with E-state index in [4.69, 9.17) is 10.5 Å². The second-order valence-electron chi connectivity index (χ2n) is 3.48. The highest BCUT2D eigenvalue weighted by atomic mass is 16.5. The van der Waals surface area contributed by atoms with Gasteiger partial charge in [-0.3, -0.25) is 0 Å². The molecule has 0 aliphatic rings. The molecule has 0 unspecified atom stereocenters. The smallest absolute Gasteiger partial charge is 0.121 e. The van der Waals surface area contributed by atoms with Gasteiger partial charge in [0.15, 0.2) is 0 Å². The Balaban J connectivity index is 0.000000202. The summed E-state index contributed by atoms with van der Waals surface area (Å²) in [6.45, 7) is 0.386. The van der Waals surface area contributed by atoms with Crippen LogP contribution in [0.1, 0.15) is 5.56 Å². The van der Waals surface area contributed by atoms with Crippen LogP contribution in [0.2, 0.25) is 0 Å². The van der Waals surface area contributed by atoms with E-state index < -0.39 is 0 Å². The Hall–Kier alpha value is -2.00. The Kier molecular flexibility index (Phi) is 5.61. The van der Waals surface area contributed by atoms with E-state index in [-0.39, 0.29) is 5.75 Å². The van der Waals surface area contributed by atoms with Gasteiger partial charge in [0.2, 0.25) is 0 Å². The van der Waals surface area contributed by atoms with Gasteiger partial charge in [-0.2, -0.15) is 0 Å². The molecule has 0 saturated heterocycles. The van der Waals surface area contributed by atoms with Crippen molar-refractivity contribution in [1.29, 1.82) is 0 Å². The first kappa shape index (κ1) is 13.1. The van der Waals surface area contributed by atoms with Crippen LogP contribution < -0.4 is 5.73 Å². The number of phenols is 1. The van der Waals surface area contributed by atoms with Crippen LogP contribution in [-0.4, -0.2) is 12.2 Å². The van der Waals surface area contributed by atoms with Gasteiger partial charge in [0.1, 0.15) is 5.75 Å². The highest BCUT2D eigenvalue weighted by molar-refractivity contribution is 5.46. The molecule has 0 aliphatic heterocycles. The molecule has 2 aromatic rings. The van der Waals surface area contributed by atoms with Gasteiger partial charge in [0.25, 0.3) is 0 Å². The fourth-order valence-corrected chi connectivity index (χ4v) is 1.26. The molecular weight excluding hydrogens is 214 g/mol. The first-order valence-corrected chi connectivity index (χ1v) is 5.30. The van der Waals surface area contributed by atoms with Gasteiger partial charge in [-0.25, -0.2) is 0 Å². The van der Waals surface area contributed by atoms with Gasteiger partial charge in [0, 0.05) is 18.4 Å². The first-order valence-electron chi connectivity index (χ1n) is 5.30. The molecule has 0 atom stereocenters. The zero-order chi connectivity index (χ0) is 12.5. The minimum absolute atomic E-state index is 0.223. The topological polar surface area (TPSA) is 55.5 Å². The number of phenolic OH excluding ortho intramolecular Hbond substituents is 1. The fourth-order valence-electron chi connectivity index (χ4n) is 1.26. The Bertz CT molecular complexity index is 403. The van der Waals surface area contributed by atoms with Crippen LogP contribution in [0, 0.1) is 0 Å². The molecule has 0 bridgehead atoms. The summed E-state index contributed by atoms with van der Waals surface area (Å²) in [5.41, 5.74) is 6.84. The molecule has 0 saturated carbocycles. The molecule has 0 spiro atoms. The highest BCUT2D eigenvalue weighted by Gasteiger charge is 1.99. The number of benzene rings is 2. The lowest BCUT2D eigenvalue weighted by Crippen LogP contribution is -1.91. The van der Waals surface area contributed by atoms with Crippen molar-refractivity contribution in [3.05, 3.63) is 60.2 Å². The quantitative estimate of drug-likeness (QED) is 0.617. The van der Waals surface area contributed by atoms with E-state index in [0.717, 1.165) is 0 Å². The van der Waals surface area contributed by atoms with Crippen molar-refractivity contribution in [1.82, 2.24) is 0 Å². The molecule has 0 heterocycles. The molecule has 0 aliphatic carbocycles. The molecule has 3 nitrogen and oxygen atoms in total. The monoisotopic (exact) mass is 231 g/mol. The van der Waals surface area contributed by atoms with Crippen molar-refractivity contribution < 1.29 is 9.84 Å². The number of aromatic hydroxyl groups is 1. The van der Waals surface area contributed by atoms with Crippen molar-refractivity contribution in [2.24, 2.45) is 0 Å². The molecule has 0 radical (unpaired) electrons. The fraction of sp³-hybridized carbons (Fsp3) is 0.143. The number of nitrogens with two attached hydrogens (primary N) is 1. The average molecular weight is 231 g/mol. The van der Waals surface area contributed by atoms with Crippen molar-refractivity contribution in [3.8, 4) is 5.75 Å². The molecule has 90 valence electrons. The zero-order valence-electron chi connectivity index (χ0n) is 9.84. The molecule has 0 fully saturated rings. The highest BCUT2D eigenvalue weighted by Crippen LogP contribution is 2.19. The third kappa shape index (κ3) is 5.04. The van der Waals surface area contributed by atoms with Crippen LogP contribution >= 0.6 is 0 Å². The number of hydrogen-bond donors (Lipinski definition) is 2. The maximum absolute atomic E-state index is 9.23. The number of anilines is 1. The third-order valence-corrected chi connectivity index (χ3v) is 2.07. The summed E-state index contributed by atoms with van der Waals surface area (Å²) in [4.78, 5) is 0. The van der Waals surface area contributed by atoms with Crippen LogP contribution in [0.25, 0.3) is 0 Å². The molecule has 2 rings (SSSR count). The molecular formula is C14H17NO2. The predicted molar refractivity (Wildman–Crippen MR) is 69.7 cm³/mol. The first-order chi connectivity index (χ1) is 8.24. The Morgan fingerprint density at radius 2 is 1.59 bits per heavy atom. The summed E-state index contributed by atoms with van der Waals surface area (Å²) < 4.78 is 4.85. The Labute approximate surface area is 101 Å². The largest absolute Gasteiger partial charge is 0.508 e. The summed E-state index contributed by atoms with van der Waals surface area (Å²) in [5, 5.41) is 9.23. The van der Waals surface area contributed by atoms with Gasteiger partial charge in [0.05, 0.1) is 6.61 Å². The van der Waals surface area contributed by atoms with E-state index in [1.54, 1.807) is 25.3 Å². The average Bonchev–Trinajstić information content (AvgIpc) is 2.37. The van der Waals surface area contributed by atoms with Gasteiger partial charge >= 0.3 is 0 Å². The minimum Gasteiger partial charge on any atom is -0.508 e. The van der Waals surface area contributed by atoms with E-state index in [9.17, 15) is 5.11 Å². The van der Waals surface area contributed by atoms with Gasteiger partial charge in [-0.05, 0) is 18.2 Å². The molecule has 2 aromatic carbocycles. The molecule has 0 amide bonds. The normalized spacial score (nSPS) is 9.24. The molecule has 17 heavy (non-hydrogen) atoms. The predicted octanol–water partition coefficient (Wildman–Crippen LogP) is 2.81. The van der Waals surface area contributed by atoms with Crippen LogP contribution in [0.5, 0.6) is 5.75 Å². The molecule has 3 heteroatoms. The van der Waals surface area contributed by atoms with Crippen LogP contribution in [0.4, 0.5) is 5.69 Å². The van der Waals surface area contributed by atoms with Crippen LogP contribution in [0.15, 0.2) is 54.6 Å². The second kappa shape index (κ2) is 7.30.